The lowest BCUT2D eigenvalue weighted by atomic mass is 9.83. The third-order valence-electron chi connectivity index (χ3n) is 8.07. The Morgan fingerprint density at radius 1 is 0.909 bits per heavy atom. The van der Waals surface area contributed by atoms with E-state index in [4.69, 9.17) is 30.2 Å². The molecule has 2 aromatic heterocycles. The fourth-order valence-electron chi connectivity index (χ4n) is 5.81. The molecule has 1 saturated heterocycles. The molecule has 1 aliphatic heterocycles. The normalized spacial score (nSPS) is 22.6. The number of aromatic nitrogens is 1. The van der Waals surface area contributed by atoms with Crippen molar-refractivity contribution in [1.29, 1.82) is 0 Å². The fraction of sp³-hybridized carbons (Fsp3) is 0.306. The van der Waals surface area contributed by atoms with E-state index >= 15 is 0 Å². The number of hydrogen-bond donors (Lipinski definition) is 1. The minimum atomic E-state index is -0.701. The maximum Gasteiger partial charge on any atom is 0.145 e. The molecule has 0 bridgehead atoms. The Morgan fingerprint density at radius 2 is 1.59 bits per heavy atom. The average Bonchev–Trinajstić information content (AvgIpc) is 3.74. The van der Waals surface area contributed by atoms with Crippen molar-refractivity contribution in [3.63, 3.8) is 0 Å². The molecule has 6 nitrogen and oxygen atoms in total. The number of aliphatic hydroxyl groups excluding tert-OH is 1. The molecular formula is C36H36ClNO5S. The third-order valence-corrected chi connectivity index (χ3v) is 9.45. The molecule has 44 heavy (non-hydrogen) atoms. The topological polar surface area (TPSA) is 74.0 Å². The van der Waals surface area contributed by atoms with Crippen molar-refractivity contribution in [2.24, 2.45) is 5.92 Å². The number of nitrogens with zero attached hydrogens (tertiary/aromatic N) is 1. The van der Waals surface area contributed by atoms with Crippen molar-refractivity contribution in [3.05, 3.63) is 136 Å². The van der Waals surface area contributed by atoms with Crippen LogP contribution in [0.2, 0.25) is 5.02 Å². The Bertz CT molecular complexity index is 1610. The van der Waals surface area contributed by atoms with E-state index in [0.717, 1.165) is 37.9 Å². The predicted molar refractivity (Wildman–Crippen MR) is 173 cm³/mol. The molecular weight excluding hydrogens is 594 g/mol. The second-order valence-corrected chi connectivity index (χ2v) is 12.8. The van der Waals surface area contributed by atoms with E-state index in [1.54, 1.807) is 24.5 Å². The van der Waals surface area contributed by atoms with Gasteiger partial charge in [-0.3, -0.25) is 0 Å². The molecule has 1 fully saturated rings. The number of rotatable bonds is 11. The first-order valence-corrected chi connectivity index (χ1v) is 16.1. The van der Waals surface area contributed by atoms with Crippen LogP contribution in [-0.2, 0) is 33.8 Å². The molecule has 0 amide bonds. The highest BCUT2D eigenvalue weighted by atomic mass is 35.5. The maximum atomic E-state index is 10.8. The second kappa shape index (κ2) is 14.2. The lowest BCUT2D eigenvalue weighted by Crippen LogP contribution is -2.54. The number of hydrogen-bond acceptors (Lipinski definition) is 7. The Labute approximate surface area is 267 Å². The lowest BCUT2D eigenvalue weighted by Gasteiger charge is -2.46. The standard InChI is InChI=1S/C36H36ClNO5S/c1-23-33(24(2)39)43-35(27-15-16-29(37)28(18-27)19-32-38-20-31(44-32)30-14-9-17-40-30)36(42-22-26-12-7-4-8-13-26)34(23)41-21-25-10-5-3-6-11-25/h3-18,20,23-24,33-36,39H,19,21-22H2,1-2H3/t23-,24?,33+,34+,35+,36-/m1/s1. The van der Waals surface area contributed by atoms with Crippen molar-refractivity contribution < 1.29 is 23.7 Å². The van der Waals surface area contributed by atoms with E-state index in [1.165, 1.54) is 0 Å². The maximum absolute atomic E-state index is 10.8. The monoisotopic (exact) mass is 629 g/mol. The predicted octanol–water partition coefficient (Wildman–Crippen LogP) is 8.27. The van der Waals surface area contributed by atoms with Gasteiger partial charge in [-0.1, -0.05) is 91.3 Å². The van der Waals surface area contributed by atoms with Crippen LogP contribution >= 0.6 is 22.9 Å². The van der Waals surface area contributed by atoms with Gasteiger partial charge in [0, 0.05) is 23.6 Å². The van der Waals surface area contributed by atoms with Gasteiger partial charge in [0.25, 0.3) is 0 Å². The van der Waals surface area contributed by atoms with Crippen molar-refractivity contribution in [1.82, 2.24) is 4.98 Å². The summed E-state index contributed by atoms with van der Waals surface area (Å²) in [6.07, 6.45) is 1.62. The Morgan fingerprint density at radius 3 is 2.23 bits per heavy atom. The average molecular weight is 630 g/mol. The van der Waals surface area contributed by atoms with Gasteiger partial charge < -0.3 is 23.7 Å². The van der Waals surface area contributed by atoms with Crippen LogP contribution in [0.15, 0.2) is 108 Å². The van der Waals surface area contributed by atoms with Gasteiger partial charge in [0.2, 0.25) is 0 Å². The van der Waals surface area contributed by atoms with Crippen LogP contribution in [-0.4, -0.2) is 34.5 Å². The molecule has 228 valence electrons. The summed E-state index contributed by atoms with van der Waals surface area (Å²) in [5.41, 5.74) is 3.98. The number of benzene rings is 3. The minimum absolute atomic E-state index is 0.127. The van der Waals surface area contributed by atoms with E-state index in [2.05, 4.69) is 30.1 Å². The van der Waals surface area contributed by atoms with Crippen LogP contribution in [0.1, 0.15) is 47.2 Å². The zero-order valence-corrected chi connectivity index (χ0v) is 26.3. The van der Waals surface area contributed by atoms with Gasteiger partial charge in [0.05, 0.1) is 47.7 Å². The Hall–Kier alpha value is -3.30. The van der Waals surface area contributed by atoms with Gasteiger partial charge in [-0.15, -0.1) is 11.3 Å². The van der Waals surface area contributed by atoms with Gasteiger partial charge in [0.1, 0.15) is 18.0 Å². The van der Waals surface area contributed by atoms with Crippen molar-refractivity contribution >= 4 is 22.9 Å². The van der Waals surface area contributed by atoms with Crippen LogP contribution < -0.4 is 0 Å². The first-order chi connectivity index (χ1) is 21.5. The van der Waals surface area contributed by atoms with E-state index in [0.29, 0.717) is 24.7 Å². The fourth-order valence-corrected chi connectivity index (χ4v) is 6.90. The smallest absolute Gasteiger partial charge is 0.145 e. The molecule has 6 rings (SSSR count). The number of halogens is 1. The molecule has 3 aromatic carbocycles. The third kappa shape index (κ3) is 7.15. The van der Waals surface area contributed by atoms with Gasteiger partial charge in [0.15, 0.2) is 0 Å². The molecule has 5 aromatic rings. The summed E-state index contributed by atoms with van der Waals surface area (Å²) < 4.78 is 25.6. The van der Waals surface area contributed by atoms with Crippen LogP contribution in [0.4, 0.5) is 0 Å². The van der Waals surface area contributed by atoms with E-state index < -0.39 is 24.4 Å². The summed E-state index contributed by atoms with van der Waals surface area (Å²) in [6.45, 7) is 4.66. The molecule has 0 spiro atoms. The van der Waals surface area contributed by atoms with Crippen LogP contribution in [0.25, 0.3) is 10.6 Å². The van der Waals surface area contributed by atoms with Gasteiger partial charge >= 0.3 is 0 Å². The highest BCUT2D eigenvalue weighted by Crippen LogP contribution is 2.41. The summed E-state index contributed by atoms with van der Waals surface area (Å²) in [5.74, 6) is 0.667. The highest BCUT2D eigenvalue weighted by molar-refractivity contribution is 7.15. The summed E-state index contributed by atoms with van der Waals surface area (Å²) in [6, 6.07) is 30.0. The molecule has 8 heteroatoms. The number of ether oxygens (including phenoxy) is 3. The second-order valence-electron chi connectivity index (χ2n) is 11.3. The number of thiazole rings is 1. The molecule has 0 aliphatic carbocycles. The van der Waals surface area contributed by atoms with Crippen molar-refractivity contribution in [2.45, 2.75) is 64.0 Å². The first-order valence-electron chi connectivity index (χ1n) is 14.9. The van der Waals surface area contributed by atoms with E-state index in [9.17, 15) is 5.11 Å². The molecule has 1 unspecified atom stereocenters. The summed E-state index contributed by atoms with van der Waals surface area (Å²) in [4.78, 5) is 5.60. The number of aliphatic hydroxyl groups is 1. The Balaban J connectivity index is 1.31. The van der Waals surface area contributed by atoms with Crippen LogP contribution in [0.5, 0.6) is 0 Å². The SMILES string of the molecule is CC(O)[C@H]1O[C@@H](c2ccc(Cl)c(Cc3ncc(-c4ccco4)s3)c2)[C@H](OCc2ccccc2)[C@@H](OCc2ccccc2)[C@@H]1C. The van der Waals surface area contributed by atoms with Gasteiger partial charge in [-0.2, -0.15) is 0 Å². The summed E-state index contributed by atoms with van der Waals surface area (Å²) in [5, 5.41) is 12.4. The molecule has 6 atom stereocenters. The first kappa shape index (κ1) is 30.7. The van der Waals surface area contributed by atoms with Gasteiger partial charge in [-0.25, -0.2) is 4.98 Å². The molecule has 1 N–H and O–H groups in total. The lowest BCUT2D eigenvalue weighted by molar-refractivity contribution is -0.249. The minimum Gasteiger partial charge on any atom is -0.463 e. The van der Waals surface area contributed by atoms with E-state index in [1.807, 2.05) is 79.0 Å². The molecule has 0 saturated carbocycles. The molecule has 1 aliphatic rings. The van der Waals surface area contributed by atoms with Crippen LogP contribution in [0.3, 0.4) is 0 Å². The van der Waals surface area contributed by atoms with E-state index in [-0.39, 0.29) is 12.0 Å². The van der Waals surface area contributed by atoms with Gasteiger partial charge in [-0.05, 0) is 47.4 Å². The molecule has 3 heterocycles. The highest BCUT2D eigenvalue weighted by Gasteiger charge is 2.47. The van der Waals surface area contributed by atoms with Crippen molar-refractivity contribution in [3.8, 4) is 10.6 Å². The summed E-state index contributed by atoms with van der Waals surface area (Å²) in [7, 11) is 0. The zero-order valence-electron chi connectivity index (χ0n) is 24.7. The zero-order chi connectivity index (χ0) is 30.5. The Kier molecular flexibility index (Phi) is 9.92. The molecule has 0 radical (unpaired) electrons. The number of furan rings is 1. The summed E-state index contributed by atoms with van der Waals surface area (Å²) >= 11 is 8.32. The van der Waals surface area contributed by atoms with Crippen LogP contribution in [0, 0.1) is 5.92 Å². The van der Waals surface area contributed by atoms with Crippen molar-refractivity contribution in [2.75, 3.05) is 0 Å². The largest absolute Gasteiger partial charge is 0.463 e. The quantitative estimate of drug-likeness (QED) is 0.158.